The SMILES string of the molecule is O=S(=O)(CCCO)NCCc1cccc2cccnc12. The van der Waals surface area contributed by atoms with Gasteiger partial charge in [0.2, 0.25) is 10.0 Å². The van der Waals surface area contributed by atoms with Crippen molar-refractivity contribution in [1.82, 2.24) is 9.71 Å². The minimum atomic E-state index is -3.30. The molecule has 0 aliphatic rings. The molecule has 2 aromatic rings. The van der Waals surface area contributed by atoms with Crippen LogP contribution >= 0.6 is 0 Å². The Hall–Kier alpha value is -1.50. The van der Waals surface area contributed by atoms with Crippen molar-refractivity contribution in [2.24, 2.45) is 0 Å². The first-order valence-electron chi connectivity index (χ1n) is 6.53. The highest BCUT2D eigenvalue weighted by molar-refractivity contribution is 7.89. The lowest BCUT2D eigenvalue weighted by atomic mass is 10.1. The number of fused-ring (bicyclic) bond motifs is 1. The van der Waals surface area contributed by atoms with Crippen molar-refractivity contribution in [3.63, 3.8) is 0 Å². The maximum absolute atomic E-state index is 11.6. The fourth-order valence-electron chi connectivity index (χ4n) is 2.04. The van der Waals surface area contributed by atoms with Crippen LogP contribution in [0.15, 0.2) is 36.5 Å². The van der Waals surface area contributed by atoms with Gasteiger partial charge in [0.05, 0.1) is 11.3 Å². The second kappa shape index (κ2) is 6.78. The summed E-state index contributed by atoms with van der Waals surface area (Å²) in [7, 11) is -3.30. The van der Waals surface area contributed by atoms with E-state index >= 15 is 0 Å². The zero-order chi connectivity index (χ0) is 14.4. The molecule has 0 saturated heterocycles. The van der Waals surface area contributed by atoms with E-state index in [9.17, 15) is 8.42 Å². The van der Waals surface area contributed by atoms with E-state index in [1.165, 1.54) is 0 Å². The topological polar surface area (TPSA) is 79.3 Å². The van der Waals surface area contributed by atoms with Crippen LogP contribution in [-0.4, -0.2) is 37.4 Å². The fraction of sp³-hybridized carbons (Fsp3) is 0.357. The maximum Gasteiger partial charge on any atom is 0.211 e. The van der Waals surface area contributed by atoms with E-state index in [0.717, 1.165) is 16.5 Å². The van der Waals surface area contributed by atoms with E-state index in [1.807, 2.05) is 30.3 Å². The third-order valence-electron chi connectivity index (χ3n) is 3.00. The molecule has 0 aliphatic heterocycles. The standard InChI is InChI=1S/C14H18N2O3S/c17-10-3-11-20(18,19)16-9-7-13-5-1-4-12-6-2-8-15-14(12)13/h1-2,4-6,8,16-17H,3,7,9-11H2. The molecule has 0 saturated carbocycles. The minimum absolute atomic E-state index is 0.0444. The smallest absolute Gasteiger partial charge is 0.211 e. The molecule has 0 amide bonds. The Balaban J connectivity index is 2.00. The Morgan fingerprint density at radius 2 is 2.00 bits per heavy atom. The van der Waals surface area contributed by atoms with E-state index in [1.54, 1.807) is 6.20 Å². The molecule has 0 bridgehead atoms. The molecular formula is C14H18N2O3S. The second-order valence-corrected chi connectivity index (χ2v) is 6.46. The van der Waals surface area contributed by atoms with Crippen molar-refractivity contribution in [3.05, 3.63) is 42.1 Å². The van der Waals surface area contributed by atoms with Crippen LogP contribution in [0.4, 0.5) is 0 Å². The van der Waals surface area contributed by atoms with Crippen LogP contribution in [0, 0.1) is 0 Å². The molecule has 1 aromatic carbocycles. The van der Waals surface area contributed by atoms with Crippen LogP contribution in [0.1, 0.15) is 12.0 Å². The Kier molecular flexibility index (Phi) is 5.05. The highest BCUT2D eigenvalue weighted by Gasteiger charge is 2.09. The summed E-state index contributed by atoms with van der Waals surface area (Å²) in [6.07, 6.45) is 2.58. The van der Waals surface area contributed by atoms with Crippen LogP contribution in [-0.2, 0) is 16.4 Å². The molecule has 6 heteroatoms. The first-order valence-corrected chi connectivity index (χ1v) is 8.18. The van der Waals surface area contributed by atoms with Crippen LogP contribution in [0.5, 0.6) is 0 Å². The number of nitrogens with zero attached hydrogens (tertiary/aromatic N) is 1. The van der Waals surface area contributed by atoms with Gasteiger partial charge in [-0.15, -0.1) is 0 Å². The molecule has 0 aliphatic carbocycles. The van der Waals surface area contributed by atoms with E-state index in [-0.39, 0.29) is 18.8 Å². The van der Waals surface area contributed by atoms with Gasteiger partial charge in [-0.3, -0.25) is 4.98 Å². The van der Waals surface area contributed by atoms with Crippen LogP contribution in [0.3, 0.4) is 0 Å². The van der Waals surface area contributed by atoms with Gasteiger partial charge in [0.25, 0.3) is 0 Å². The van der Waals surface area contributed by atoms with Gasteiger partial charge >= 0.3 is 0 Å². The molecule has 0 atom stereocenters. The summed E-state index contributed by atoms with van der Waals surface area (Å²) in [4.78, 5) is 4.34. The van der Waals surface area contributed by atoms with Crippen molar-refractivity contribution in [1.29, 1.82) is 0 Å². The first-order chi connectivity index (χ1) is 9.62. The fourth-order valence-corrected chi connectivity index (χ4v) is 3.10. The molecular weight excluding hydrogens is 276 g/mol. The quantitative estimate of drug-likeness (QED) is 0.801. The molecule has 5 nitrogen and oxygen atoms in total. The Bertz CT molecular complexity index is 666. The van der Waals surface area contributed by atoms with Gasteiger partial charge in [0.15, 0.2) is 0 Å². The highest BCUT2D eigenvalue weighted by atomic mass is 32.2. The third-order valence-corrected chi connectivity index (χ3v) is 4.47. The predicted octanol–water partition coefficient (Wildman–Crippen LogP) is 1.08. The summed E-state index contributed by atoms with van der Waals surface area (Å²) in [5, 5.41) is 9.70. The summed E-state index contributed by atoms with van der Waals surface area (Å²) >= 11 is 0. The van der Waals surface area contributed by atoms with E-state index in [4.69, 9.17) is 5.11 Å². The molecule has 20 heavy (non-hydrogen) atoms. The lowest BCUT2D eigenvalue weighted by Gasteiger charge is -2.07. The second-order valence-electron chi connectivity index (χ2n) is 4.53. The van der Waals surface area contributed by atoms with Gasteiger partial charge in [-0.2, -0.15) is 0 Å². The van der Waals surface area contributed by atoms with Crippen LogP contribution < -0.4 is 4.72 Å². The van der Waals surface area contributed by atoms with Crippen molar-refractivity contribution < 1.29 is 13.5 Å². The number of hydrogen-bond acceptors (Lipinski definition) is 4. The average Bonchev–Trinajstić information content (AvgIpc) is 2.45. The van der Waals surface area contributed by atoms with Crippen molar-refractivity contribution in [3.8, 4) is 0 Å². The normalized spacial score (nSPS) is 11.8. The van der Waals surface area contributed by atoms with Gasteiger partial charge in [-0.1, -0.05) is 24.3 Å². The molecule has 108 valence electrons. The average molecular weight is 294 g/mol. The number of aliphatic hydroxyl groups is 1. The Labute approximate surface area is 118 Å². The summed E-state index contributed by atoms with van der Waals surface area (Å²) < 4.78 is 25.8. The number of rotatable bonds is 7. The molecule has 0 unspecified atom stereocenters. The van der Waals surface area contributed by atoms with Crippen molar-refractivity contribution in [2.75, 3.05) is 18.9 Å². The third kappa shape index (κ3) is 4.00. The van der Waals surface area contributed by atoms with Gasteiger partial charge in [-0.05, 0) is 24.5 Å². The number of benzene rings is 1. The summed E-state index contributed by atoms with van der Waals surface area (Å²) in [5.41, 5.74) is 1.93. The summed E-state index contributed by atoms with van der Waals surface area (Å²) in [6.45, 7) is 0.220. The molecule has 1 heterocycles. The monoisotopic (exact) mass is 294 g/mol. The van der Waals surface area contributed by atoms with Crippen molar-refractivity contribution in [2.45, 2.75) is 12.8 Å². The van der Waals surface area contributed by atoms with Gasteiger partial charge in [0.1, 0.15) is 0 Å². The molecule has 0 fully saturated rings. The number of nitrogens with one attached hydrogen (secondary N) is 1. The van der Waals surface area contributed by atoms with Gasteiger partial charge < -0.3 is 5.11 Å². The Morgan fingerprint density at radius 1 is 1.20 bits per heavy atom. The van der Waals surface area contributed by atoms with Crippen LogP contribution in [0.25, 0.3) is 10.9 Å². The number of hydrogen-bond donors (Lipinski definition) is 2. The minimum Gasteiger partial charge on any atom is -0.396 e. The first kappa shape index (κ1) is 14.9. The number of sulfonamides is 1. The van der Waals surface area contributed by atoms with Crippen molar-refractivity contribution >= 4 is 20.9 Å². The summed E-state index contributed by atoms with van der Waals surface area (Å²) in [6, 6.07) is 9.75. The molecule has 0 radical (unpaired) electrons. The largest absolute Gasteiger partial charge is 0.396 e. The number of pyridine rings is 1. The maximum atomic E-state index is 11.6. The molecule has 2 rings (SSSR count). The molecule has 2 N–H and O–H groups in total. The van der Waals surface area contributed by atoms with E-state index in [2.05, 4.69) is 9.71 Å². The lowest BCUT2D eigenvalue weighted by molar-refractivity contribution is 0.295. The molecule has 1 aromatic heterocycles. The zero-order valence-corrected chi connectivity index (χ0v) is 11.9. The van der Waals surface area contributed by atoms with Crippen LogP contribution in [0.2, 0.25) is 0 Å². The molecule has 0 spiro atoms. The number of para-hydroxylation sites is 1. The predicted molar refractivity (Wildman–Crippen MR) is 78.9 cm³/mol. The van der Waals surface area contributed by atoms with Gasteiger partial charge in [0, 0.05) is 24.7 Å². The van der Waals surface area contributed by atoms with E-state index < -0.39 is 10.0 Å². The Morgan fingerprint density at radius 3 is 2.80 bits per heavy atom. The number of aliphatic hydroxyl groups excluding tert-OH is 1. The summed E-state index contributed by atoms with van der Waals surface area (Å²) in [5.74, 6) is -0.0444. The zero-order valence-electron chi connectivity index (χ0n) is 11.1. The van der Waals surface area contributed by atoms with E-state index in [0.29, 0.717) is 13.0 Å². The highest BCUT2D eigenvalue weighted by Crippen LogP contribution is 2.16. The lowest BCUT2D eigenvalue weighted by Crippen LogP contribution is -2.28. The van der Waals surface area contributed by atoms with Gasteiger partial charge in [-0.25, -0.2) is 13.1 Å². The number of aromatic nitrogens is 1.